The molecule has 1 saturated carbocycles. The highest BCUT2D eigenvalue weighted by molar-refractivity contribution is 5.78. The molecule has 1 atom stereocenters. The lowest BCUT2D eigenvalue weighted by Gasteiger charge is -2.38. The van der Waals surface area contributed by atoms with E-state index in [9.17, 15) is 10.1 Å². The number of nitriles is 1. The van der Waals surface area contributed by atoms with Crippen LogP contribution in [0.3, 0.4) is 0 Å². The molecule has 0 aromatic carbocycles. The zero-order chi connectivity index (χ0) is 16.1. The number of amides is 1. The zero-order valence-corrected chi connectivity index (χ0v) is 13.7. The molecule has 0 spiro atoms. The number of hydrogen-bond donors (Lipinski definition) is 1. The van der Waals surface area contributed by atoms with E-state index in [2.05, 4.69) is 29.7 Å². The minimum absolute atomic E-state index is 0.0606. The Morgan fingerprint density at radius 2 is 1.95 bits per heavy atom. The maximum absolute atomic E-state index is 12.4. The Kier molecular flexibility index (Phi) is 6.18. The van der Waals surface area contributed by atoms with Crippen molar-refractivity contribution in [1.29, 1.82) is 5.26 Å². The van der Waals surface area contributed by atoms with Gasteiger partial charge in [-0.3, -0.25) is 14.6 Å². The lowest BCUT2D eigenvalue weighted by Crippen LogP contribution is -2.54. The smallest absolute Gasteiger partial charge is 0.236 e. The molecule has 1 aliphatic carbocycles. The summed E-state index contributed by atoms with van der Waals surface area (Å²) >= 11 is 0. The molecule has 1 saturated heterocycles. The Labute approximate surface area is 133 Å². The maximum atomic E-state index is 12.4. The van der Waals surface area contributed by atoms with E-state index in [1.54, 1.807) is 0 Å². The Hall–Kier alpha value is -1.16. The van der Waals surface area contributed by atoms with E-state index < -0.39 is 0 Å². The van der Waals surface area contributed by atoms with Crippen molar-refractivity contribution in [3.8, 4) is 6.07 Å². The third-order valence-corrected chi connectivity index (χ3v) is 4.61. The van der Waals surface area contributed by atoms with Crippen LogP contribution in [0.1, 0.15) is 26.7 Å². The number of carbonyl (C=O) groups is 1. The molecule has 0 bridgehead atoms. The highest BCUT2D eigenvalue weighted by Crippen LogP contribution is 2.26. The van der Waals surface area contributed by atoms with E-state index in [1.165, 1.54) is 0 Å². The van der Waals surface area contributed by atoms with Crippen LogP contribution < -0.4 is 0 Å². The number of piperazine rings is 1. The quantitative estimate of drug-likeness (QED) is 0.724. The summed E-state index contributed by atoms with van der Waals surface area (Å²) in [6.07, 6.45) is 2.28. The topological polar surface area (TPSA) is 70.8 Å². The predicted octanol–water partition coefficient (Wildman–Crippen LogP) is 0.135. The molecule has 1 N–H and O–H groups in total. The minimum Gasteiger partial charge on any atom is -0.395 e. The van der Waals surface area contributed by atoms with E-state index in [1.807, 2.05) is 4.90 Å². The number of nitrogens with zero attached hydrogens (tertiary/aromatic N) is 4. The van der Waals surface area contributed by atoms with Crippen LogP contribution in [0.5, 0.6) is 0 Å². The van der Waals surface area contributed by atoms with Crippen molar-refractivity contribution in [2.75, 3.05) is 45.9 Å². The zero-order valence-electron chi connectivity index (χ0n) is 13.7. The van der Waals surface area contributed by atoms with Gasteiger partial charge in [0, 0.05) is 38.8 Å². The van der Waals surface area contributed by atoms with Gasteiger partial charge in [-0.2, -0.15) is 5.26 Å². The maximum Gasteiger partial charge on any atom is 0.236 e. The molecular formula is C16H28N4O2. The SMILES string of the molecule is CC(C)C(C#N)N1CCN(C(=O)CN(CCO)C2CC2)CC1. The van der Waals surface area contributed by atoms with Crippen molar-refractivity contribution in [2.45, 2.75) is 38.8 Å². The second-order valence-electron chi connectivity index (χ2n) is 6.66. The first-order valence-electron chi connectivity index (χ1n) is 8.33. The largest absolute Gasteiger partial charge is 0.395 e. The van der Waals surface area contributed by atoms with E-state index in [-0.39, 0.29) is 18.6 Å². The molecule has 2 fully saturated rings. The van der Waals surface area contributed by atoms with Crippen molar-refractivity contribution in [1.82, 2.24) is 14.7 Å². The fourth-order valence-electron chi connectivity index (χ4n) is 3.13. The molecule has 1 aliphatic heterocycles. The first kappa shape index (κ1) is 17.2. The molecule has 22 heavy (non-hydrogen) atoms. The lowest BCUT2D eigenvalue weighted by molar-refractivity contribution is -0.134. The van der Waals surface area contributed by atoms with Crippen LogP contribution in [0.25, 0.3) is 0 Å². The van der Waals surface area contributed by atoms with Gasteiger partial charge in [0.1, 0.15) is 6.04 Å². The monoisotopic (exact) mass is 308 g/mol. The van der Waals surface area contributed by atoms with Crippen LogP contribution >= 0.6 is 0 Å². The summed E-state index contributed by atoms with van der Waals surface area (Å²) in [4.78, 5) is 18.6. The van der Waals surface area contributed by atoms with E-state index >= 15 is 0 Å². The molecule has 1 amide bonds. The number of carbonyl (C=O) groups excluding carboxylic acids is 1. The molecule has 124 valence electrons. The fraction of sp³-hybridized carbons (Fsp3) is 0.875. The second-order valence-corrected chi connectivity index (χ2v) is 6.66. The molecule has 2 aliphatic rings. The summed E-state index contributed by atoms with van der Waals surface area (Å²) in [6.45, 7) is 8.16. The van der Waals surface area contributed by atoms with Crippen LogP contribution in [-0.4, -0.2) is 83.7 Å². The van der Waals surface area contributed by atoms with Crippen molar-refractivity contribution < 1.29 is 9.90 Å². The molecule has 6 nitrogen and oxygen atoms in total. The van der Waals surface area contributed by atoms with Gasteiger partial charge in [-0.15, -0.1) is 0 Å². The molecule has 1 unspecified atom stereocenters. The first-order valence-corrected chi connectivity index (χ1v) is 8.33. The number of aliphatic hydroxyl groups is 1. The summed E-state index contributed by atoms with van der Waals surface area (Å²) in [5, 5.41) is 18.4. The van der Waals surface area contributed by atoms with E-state index in [0.717, 1.165) is 25.9 Å². The van der Waals surface area contributed by atoms with Gasteiger partial charge in [-0.25, -0.2) is 0 Å². The average molecular weight is 308 g/mol. The van der Waals surface area contributed by atoms with Crippen molar-refractivity contribution in [3.63, 3.8) is 0 Å². The van der Waals surface area contributed by atoms with Gasteiger partial charge in [-0.1, -0.05) is 13.8 Å². The van der Waals surface area contributed by atoms with Crippen LogP contribution in [-0.2, 0) is 4.79 Å². The van der Waals surface area contributed by atoms with Gasteiger partial charge in [0.15, 0.2) is 0 Å². The summed E-state index contributed by atoms with van der Waals surface area (Å²) in [5.41, 5.74) is 0. The van der Waals surface area contributed by atoms with Gasteiger partial charge < -0.3 is 10.0 Å². The molecular weight excluding hydrogens is 280 g/mol. The summed E-state index contributed by atoms with van der Waals surface area (Å²) in [6, 6.07) is 2.80. The molecule has 0 radical (unpaired) electrons. The van der Waals surface area contributed by atoms with Crippen LogP contribution in [0.15, 0.2) is 0 Å². The van der Waals surface area contributed by atoms with Crippen LogP contribution in [0.2, 0.25) is 0 Å². The first-order chi connectivity index (χ1) is 10.6. The summed E-state index contributed by atoms with van der Waals surface area (Å²) in [7, 11) is 0. The Morgan fingerprint density at radius 1 is 1.32 bits per heavy atom. The van der Waals surface area contributed by atoms with Crippen molar-refractivity contribution in [2.24, 2.45) is 5.92 Å². The molecule has 1 heterocycles. The van der Waals surface area contributed by atoms with Gasteiger partial charge in [0.25, 0.3) is 0 Å². The van der Waals surface area contributed by atoms with Gasteiger partial charge in [0.05, 0.1) is 19.2 Å². The standard InChI is InChI=1S/C16H28N4O2/c1-13(2)15(11-17)18-5-7-19(8-6-18)16(22)12-20(9-10-21)14-3-4-14/h13-15,21H,3-10,12H2,1-2H3. The summed E-state index contributed by atoms with van der Waals surface area (Å²) < 4.78 is 0. The normalized spacial score (nSPS) is 21.2. The minimum atomic E-state index is -0.0606. The van der Waals surface area contributed by atoms with Crippen molar-refractivity contribution >= 4 is 5.91 Å². The predicted molar refractivity (Wildman–Crippen MR) is 84.1 cm³/mol. The number of hydrogen-bond acceptors (Lipinski definition) is 5. The summed E-state index contributed by atoms with van der Waals surface area (Å²) in [5.74, 6) is 0.459. The highest BCUT2D eigenvalue weighted by Gasteiger charge is 2.32. The fourth-order valence-corrected chi connectivity index (χ4v) is 3.13. The van der Waals surface area contributed by atoms with Gasteiger partial charge in [-0.05, 0) is 18.8 Å². The third kappa shape index (κ3) is 4.42. The molecule has 0 aromatic heterocycles. The number of aliphatic hydroxyl groups excluding tert-OH is 1. The van der Waals surface area contributed by atoms with Crippen LogP contribution in [0.4, 0.5) is 0 Å². The van der Waals surface area contributed by atoms with Crippen LogP contribution in [0, 0.1) is 17.2 Å². The Bertz CT molecular complexity index is 409. The van der Waals surface area contributed by atoms with Gasteiger partial charge in [0.2, 0.25) is 5.91 Å². The van der Waals surface area contributed by atoms with Gasteiger partial charge >= 0.3 is 0 Å². The van der Waals surface area contributed by atoms with E-state index in [0.29, 0.717) is 38.1 Å². The molecule has 6 heteroatoms. The Balaban J connectivity index is 1.80. The third-order valence-electron chi connectivity index (χ3n) is 4.61. The Morgan fingerprint density at radius 3 is 2.41 bits per heavy atom. The van der Waals surface area contributed by atoms with Crippen molar-refractivity contribution in [3.05, 3.63) is 0 Å². The lowest BCUT2D eigenvalue weighted by atomic mass is 10.0. The number of rotatable bonds is 7. The molecule has 2 rings (SSSR count). The average Bonchev–Trinajstić information content (AvgIpc) is 3.32. The van der Waals surface area contributed by atoms with E-state index in [4.69, 9.17) is 5.11 Å². The second kappa shape index (κ2) is 7.91. The highest BCUT2D eigenvalue weighted by atomic mass is 16.3. The molecule has 0 aromatic rings.